The Morgan fingerprint density at radius 1 is 0.947 bits per heavy atom. The zero-order valence-electron chi connectivity index (χ0n) is 10.8. The van der Waals surface area contributed by atoms with Crippen LogP contribution in [0.1, 0.15) is 11.1 Å². The van der Waals surface area contributed by atoms with Crippen molar-refractivity contribution >= 4 is 21.4 Å². The van der Waals surface area contributed by atoms with Crippen molar-refractivity contribution in [3.05, 3.63) is 53.6 Å². The molecule has 0 fully saturated rings. The monoisotopic (exact) mass is 276 g/mol. The number of hydrogen-bond donors (Lipinski definition) is 2. The molecule has 19 heavy (non-hydrogen) atoms. The van der Waals surface area contributed by atoms with Crippen LogP contribution in [0.15, 0.2) is 47.4 Å². The van der Waals surface area contributed by atoms with E-state index >= 15 is 0 Å². The van der Waals surface area contributed by atoms with Gasteiger partial charge in [-0.2, -0.15) is 0 Å². The van der Waals surface area contributed by atoms with Gasteiger partial charge in [0.15, 0.2) is 0 Å². The molecule has 0 aliphatic carbocycles. The van der Waals surface area contributed by atoms with Crippen molar-refractivity contribution in [3.8, 4) is 0 Å². The summed E-state index contributed by atoms with van der Waals surface area (Å²) in [6, 6.07) is 11.5. The van der Waals surface area contributed by atoms with E-state index in [1.807, 2.05) is 26.0 Å². The summed E-state index contributed by atoms with van der Waals surface area (Å²) < 4.78 is 26.9. The van der Waals surface area contributed by atoms with E-state index < -0.39 is 10.0 Å². The van der Waals surface area contributed by atoms with Gasteiger partial charge in [0.25, 0.3) is 10.0 Å². The van der Waals surface area contributed by atoms with Crippen molar-refractivity contribution < 1.29 is 8.42 Å². The Hall–Kier alpha value is -2.01. The molecule has 4 nitrogen and oxygen atoms in total. The SMILES string of the molecule is Cc1ccc(NS(=O)(=O)c2ccc(N)cc2)cc1C. The molecule has 0 heterocycles. The Labute approximate surface area is 113 Å². The summed E-state index contributed by atoms with van der Waals surface area (Å²) in [6.45, 7) is 3.92. The van der Waals surface area contributed by atoms with E-state index in [1.54, 1.807) is 18.2 Å². The zero-order chi connectivity index (χ0) is 14.0. The molecule has 0 aliphatic heterocycles. The fourth-order valence-corrected chi connectivity index (χ4v) is 2.72. The first-order valence-electron chi connectivity index (χ1n) is 5.84. The number of anilines is 2. The van der Waals surface area contributed by atoms with Crippen LogP contribution >= 0.6 is 0 Å². The third kappa shape index (κ3) is 3.06. The van der Waals surface area contributed by atoms with Crippen molar-refractivity contribution in [1.82, 2.24) is 0 Å². The Morgan fingerprint density at radius 2 is 1.58 bits per heavy atom. The first kappa shape index (κ1) is 13.4. The lowest BCUT2D eigenvalue weighted by Crippen LogP contribution is -2.13. The molecule has 0 bridgehead atoms. The van der Waals surface area contributed by atoms with E-state index in [0.717, 1.165) is 11.1 Å². The van der Waals surface area contributed by atoms with Crippen LogP contribution in [0.4, 0.5) is 11.4 Å². The molecule has 2 aromatic rings. The third-order valence-electron chi connectivity index (χ3n) is 2.95. The van der Waals surface area contributed by atoms with Gasteiger partial charge in [0, 0.05) is 11.4 Å². The van der Waals surface area contributed by atoms with E-state index in [4.69, 9.17) is 5.73 Å². The van der Waals surface area contributed by atoms with E-state index in [-0.39, 0.29) is 4.90 Å². The van der Waals surface area contributed by atoms with Crippen molar-refractivity contribution in [2.24, 2.45) is 0 Å². The van der Waals surface area contributed by atoms with E-state index in [2.05, 4.69) is 4.72 Å². The fraction of sp³-hybridized carbons (Fsp3) is 0.143. The molecule has 0 radical (unpaired) electrons. The molecule has 0 saturated carbocycles. The lowest BCUT2D eigenvalue weighted by Gasteiger charge is -2.10. The first-order valence-corrected chi connectivity index (χ1v) is 7.32. The van der Waals surface area contributed by atoms with Crippen molar-refractivity contribution in [3.63, 3.8) is 0 Å². The highest BCUT2D eigenvalue weighted by atomic mass is 32.2. The smallest absolute Gasteiger partial charge is 0.261 e. The normalized spacial score (nSPS) is 11.3. The molecule has 0 spiro atoms. The lowest BCUT2D eigenvalue weighted by molar-refractivity contribution is 0.601. The summed E-state index contributed by atoms with van der Waals surface area (Å²) in [5, 5.41) is 0. The summed E-state index contributed by atoms with van der Waals surface area (Å²) in [5.41, 5.74) is 8.79. The minimum Gasteiger partial charge on any atom is -0.399 e. The van der Waals surface area contributed by atoms with Crippen LogP contribution < -0.4 is 10.5 Å². The van der Waals surface area contributed by atoms with Gasteiger partial charge in [0.2, 0.25) is 0 Å². The van der Waals surface area contributed by atoms with Crippen LogP contribution in [-0.2, 0) is 10.0 Å². The van der Waals surface area contributed by atoms with E-state index in [9.17, 15) is 8.42 Å². The molecule has 2 aromatic carbocycles. The maximum atomic E-state index is 12.2. The molecule has 0 aliphatic rings. The van der Waals surface area contributed by atoms with Crippen LogP contribution in [0.2, 0.25) is 0 Å². The average molecular weight is 276 g/mol. The summed E-state index contributed by atoms with van der Waals surface area (Å²) >= 11 is 0. The van der Waals surface area contributed by atoms with Gasteiger partial charge < -0.3 is 5.73 Å². The Balaban J connectivity index is 2.30. The molecule has 0 amide bonds. The summed E-state index contributed by atoms with van der Waals surface area (Å²) in [6.07, 6.45) is 0. The first-order chi connectivity index (χ1) is 8.88. The standard InChI is InChI=1S/C14H16N2O2S/c1-10-3-6-13(9-11(10)2)16-19(17,18)14-7-4-12(15)5-8-14/h3-9,16H,15H2,1-2H3. The van der Waals surface area contributed by atoms with Gasteiger partial charge in [-0.15, -0.1) is 0 Å². The van der Waals surface area contributed by atoms with Crippen molar-refractivity contribution in [2.45, 2.75) is 18.7 Å². The summed E-state index contributed by atoms with van der Waals surface area (Å²) in [4.78, 5) is 0.194. The maximum Gasteiger partial charge on any atom is 0.261 e. The summed E-state index contributed by atoms with van der Waals surface area (Å²) in [5.74, 6) is 0. The number of hydrogen-bond acceptors (Lipinski definition) is 3. The van der Waals surface area contributed by atoms with Crippen LogP contribution in [-0.4, -0.2) is 8.42 Å². The maximum absolute atomic E-state index is 12.2. The Bertz CT molecular complexity index is 692. The van der Waals surface area contributed by atoms with Gasteiger partial charge in [-0.05, 0) is 61.4 Å². The highest BCUT2D eigenvalue weighted by Crippen LogP contribution is 2.19. The van der Waals surface area contributed by atoms with Crippen molar-refractivity contribution in [2.75, 3.05) is 10.5 Å². The van der Waals surface area contributed by atoms with Gasteiger partial charge in [-0.3, -0.25) is 4.72 Å². The molecule has 3 N–H and O–H groups in total. The molecule has 0 unspecified atom stereocenters. The fourth-order valence-electron chi connectivity index (χ4n) is 1.67. The van der Waals surface area contributed by atoms with E-state index in [0.29, 0.717) is 11.4 Å². The second-order valence-corrected chi connectivity index (χ2v) is 6.16. The number of benzene rings is 2. The predicted molar refractivity (Wildman–Crippen MR) is 77.6 cm³/mol. The van der Waals surface area contributed by atoms with E-state index in [1.165, 1.54) is 12.1 Å². The third-order valence-corrected chi connectivity index (χ3v) is 4.35. The zero-order valence-corrected chi connectivity index (χ0v) is 11.7. The predicted octanol–water partition coefficient (Wildman–Crippen LogP) is 2.69. The number of nitrogens with two attached hydrogens (primary N) is 1. The second-order valence-electron chi connectivity index (χ2n) is 4.47. The molecule has 100 valence electrons. The van der Waals surface area contributed by atoms with Gasteiger partial charge in [0.05, 0.1) is 4.90 Å². The molecule has 0 saturated heterocycles. The van der Waals surface area contributed by atoms with Gasteiger partial charge in [-0.1, -0.05) is 6.07 Å². The summed E-state index contributed by atoms with van der Waals surface area (Å²) in [7, 11) is -3.57. The molecule has 0 aromatic heterocycles. The van der Waals surface area contributed by atoms with Crippen LogP contribution in [0.5, 0.6) is 0 Å². The average Bonchev–Trinajstić information content (AvgIpc) is 2.34. The minimum absolute atomic E-state index is 0.194. The largest absolute Gasteiger partial charge is 0.399 e. The number of rotatable bonds is 3. The van der Waals surface area contributed by atoms with Crippen LogP contribution in [0.3, 0.4) is 0 Å². The number of aryl methyl sites for hydroxylation is 2. The Morgan fingerprint density at radius 3 is 2.16 bits per heavy atom. The van der Waals surface area contributed by atoms with Gasteiger partial charge >= 0.3 is 0 Å². The van der Waals surface area contributed by atoms with Crippen molar-refractivity contribution in [1.29, 1.82) is 0 Å². The van der Waals surface area contributed by atoms with Crippen LogP contribution in [0.25, 0.3) is 0 Å². The molecule has 0 atom stereocenters. The molecular weight excluding hydrogens is 260 g/mol. The van der Waals surface area contributed by atoms with Crippen LogP contribution in [0, 0.1) is 13.8 Å². The highest BCUT2D eigenvalue weighted by Gasteiger charge is 2.13. The van der Waals surface area contributed by atoms with Gasteiger partial charge in [0.1, 0.15) is 0 Å². The molecular formula is C14H16N2O2S. The number of nitrogens with one attached hydrogen (secondary N) is 1. The minimum atomic E-state index is -3.57. The number of nitrogen functional groups attached to an aromatic ring is 1. The second kappa shape index (κ2) is 4.93. The highest BCUT2D eigenvalue weighted by molar-refractivity contribution is 7.92. The topological polar surface area (TPSA) is 72.2 Å². The quantitative estimate of drug-likeness (QED) is 0.847. The number of sulfonamides is 1. The molecule has 5 heteroatoms. The van der Waals surface area contributed by atoms with Gasteiger partial charge in [-0.25, -0.2) is 8.42 Å². The lowest BCUT2D eigenvalue weighted by atomic mass is 10.1. The molecule has 2 rings (SSSR count). The Kier molecular flexibility index (Phi) is 3.48.